The molecule has 5 heteroatoms. The highest BCUT2D eigenvalue weighted by Crippen LogP contribution is 2.61. The first-order valence-electron chi connectivity index (χ1n) is 10.3. The maximum absolute atomic E-state index is 12.3. The molecule has 1 aliphatic carbocycles. The van der Waals surface area contributed by atoms with Gasteiger partial charge in [0.1, 0.15) is 0 Å². The number of anilines is 1. The van der Waals surface area contributed by atoms with Crippen LogP contribution in [0.4, 0.5) is 5.69 Å². The van der Waals surface area contributed by atoms with Gasteiger partial charge in [0.05, 0.1) is 19.8 Å². The van der Waals surface area contributed by atoms with Gasteiger partial charge in [0.15, 0.2) is 0 Å². The lowest BCUT2D eigenvalue weighted by molar-refractivity contribution is -0.144. The van der Waals surface area contributed by atoms with Crippen LogP contribution in [0.2, 0.25) is 0 Å². The lowest BCUT2D eigenvalue weighted by Gasteiger charge is -2.54. The third-order valence-corrected chi connectivity index (χ3v) is 7.92. The van der Waals surface area contributed by atoms with E-state index in [-0.39, 0.29) is 17.5 Å². The number of nitrogens with one attached hydrogen (secondary N) is 1. The van der Waals surface area contributed by atoms with Crippen molar-refractivity contribution in [1.29, 1.82) is 0 Å². The molecular weight excluding hydrogens is 340 g/mol. The van der Waals surface area contributed by atoms with Crippen LogP contribution in [0.3, 0.4) is 0 Å². The van der Waals surface area contributed by atoms with Gasteiger partial charge in [-0.3, -0.25) is 4.79 Å². The van der Waals surface area contributed by atoms with Gasteiger partial charge in [0, 0.05) is 35.5 Å². The van der Waals surface area contributed by atoms with Crippen molar-refractivity contribution in [2.24, 2.45) is 17.8 Å². The summed E-state index contributed by atoms with van der Waals surface area (Å²) < 4.78 is 11.3. The van der Waals surface area contributed by atoms with Gasteiger partial charge in [-0.25, -0.2) is 0 Å². The smallest absolute Gasteiger partial charge is 0.305 e. The second-order valence-corrected chi connectivity index (χ2v) is 9.03. The minimum atomic E-state index is -0.0896. The van der Waals surface area contributed by atoms with Crippen LogP contribution in [0.5, 0.6) is 0 Å². The molecule has 0 amide bonds. The van der Waals surface area contributed by atoms with Gasteiger partial charge in [-0.15, -0.1) is 0 Å². The summed E-state index contributed by atoms with van der Waals surface area (Å²) in [4.78, 5) is 14.8. The minimum absolute atomic E-state index is 0.0896. The largest absolute Gasteiger partial charge is 0.469 e. The van der Waals surface area contributed by atoms with Crippen LogP contribution in [0.15, 0.2) is 24.3 Å². The molecular formula is C22H30N2O3. The van der Waals surface area contributed by atoms with Gasteiger partial charge in [0.2, 0.25) is 0 Å². The molecule has 2 saturated heterocycles. The summed E-state index contributed by atoms with van der Waals surface area (Å²) in [5, 5.41) is 3.88. The van der Waals surface area contributed by atoms with Crippen molar-refractivity contribution in [3.8, 4) is 0 Å². The SMILES string of the molecule is COC(=O)CC1C2CC(C)OC[C@H]1[C@@H]1Nc3ccccc3C13CCN(C)[C@@H]23. The Labute approximate surface area is 161 Å². The molecule has 0 aromatic heterocycles. The lowest BCUT2D eigenvalue weighted by Crippen LogP contribution is -2.63. The summed E-state index contributed by atoms with van der Waals surface area (Å²) >= 11 is 0. The molecule has 146 valence electrons. The van der Waals surface area contributed by atoms with Crippen molar-refractivity contribution in [3.63, 3.8) is 0 Å². The molecule has 1 aromatic carbocycles. The van der Waals surface area contributed by atoms with Crippen molar-refractivity contribution in [2.45, 2.75) is 49.8 Å². The van der Waals surface area contributed by atoms with E-state index in [0.717, 1.165) is 19.6 Å². The first-order valence-corrected chi connectivity index (χ1v) is 10.3. The Kier molecular flexibility index (Phi) is 4.03. The number of hydrogen-bond acceptors (Lipinski definition) is 5. The van der Waals surface area contributed by atoms with E-state index in [1.54, 1.807) is 0 Å². The van der Waals surface area contributed by atoms with E-state index >= 15 is 0 Å². The lowest BCUT2D eigenvalue weighted by atomic mass is 9.53. The highest BCUT2D eigenvalue weighted by atomic mass is 16.5. The van der Waals surface area contributed by atoms with Crippen LogP contribution in [0.1, 0.15) is 31.7 Å². The average molecular weight is 370 g/mol. The molecule has 5 nitrogen and oxygen atoms in total. The van der Waals surface area contributed by atoms with E-state index < -0.39 is 0 Å². The predicted molar refractivity (Wildman–Crippen MR) is 104 cm³/mol. The number of nitrogens with zero attached hydrogens (tertiary/aromatic N) is 1. The number of ether oxygens (including phenoxy) is 2. The Morgan fingerprint density at radius 1 is 1.37 bits per heavy atom. The molecule has 3 aliphatic heterocycles. The summed E-state index contributed by atoms with van der Waals surface area (Å²) in [5.74, 6) is 0.985. The molecule has 2 bridgehead atoms. The summed E-state index contributed by atoms with van der Waals surface area (Å²) in [6.07, 6.45) is 2.93. The molecule has 1 spiro atoms. The number of esters is 1. The van der Waals surface area contributed by atoms with E-state index in [2.05, 4.69) is 48.5 Å². The maximum atomic E-state index is 12.3. The normalized spacial score (nSPS) is 42.5. The summed E-state index contributed by atoms with van der Waals surface area (Å²) in [6.45, 7) is 4.03. The van der Waals surface area contributed by atoms with Crippen molar-refractivity contribution in [1.82, 2.24) is 4.90 Å². The number of rotatable bonds is 2. The van der Waals surface area contributed by atoms with Gasteiger partial charge in [-0.05, 0) is 56.8 Å². The fourth-order valence-corrected chi connectivity index (χ4v) is 6.98. The Morgan fingerprint density at radius 2 is 2.19 bits per heavy atom. The van der Waals surface area contributed by atoms with Gasteiger partial charge in [-0.1, -0.05) is 18.2 Å². The number of benzene rings is 1. The van der Waals surface area contributed by atoms with E-state index in [1.165, 1.54) is 24.8 Å². The van der Waals surface area contributed by atoms with Crippen molar-refractivity contribution in [3.05, 3.63) is 29.8 Å². The van der Waals surface area contributed by atoms with Crippen molar-refractivity contribution >= 4 is 11.7 Å². The second-order valence-electron chi connectivity index (χ2n) is 9.03. The number of likely N-dealkylation sites (tertiary alicyclic amines) is 1. The van der Waals surface area contributed by atoms with Crippen LogP contribution in [0.25, 0.3) is 0 Å². The van der Waals surface area contributed by atoms with Crippen LogP contribution in [0, 0.1) is 17.8 Å². The zero-order chi connectivity index (χ0) is 18.8. The number of methoxy groups -OCH3 is 1. The number of hydrogen-bond donors (Lipinski definition) is 1. The molecule has 1 aromatic rings. The zero-order valence-corrected chi connectivity index (χ0v) is 16.5. The van der Waals surface area contributed by atoms with Gasteiger partial charge in [0.25, 0.3) is 0 Å². The first-order chi connectivity index (χ1) is 13.1. The fraction of sp³-hybridized carbons (Fsp3) is 0.682. The van der Waals surface area contributed by atoms with Gasteiger partial charge >= 0.3 is 5.97 Å². The van der Waals surface area contributed by atoms with Crippen LogP contribution < -0.4 is 5.32 Å². The van der Waals surface area contributed by atoms with Gasteiger partial charge in [-0.2, -0.15) is 0 Å². The number of carbonyl (C=O) groups is 1. The summed E-state index contributed by atoms with van der Waals surface area (Å²) in [5.41, 5.74) is 2.88. The van der Waals surface area contributed by atoms with E-state index in [9.17, 15) is 4.79 Å². The Morgan fingerprint density at radius 3 is 3.00 bits per heavy atom. The minimum Gasteiger partial charge on any atom is -0.469 e. The first kappa shape index (κ1) is 17.5. The summed E-state index contributed by atoms with van der Waals surface area (Å²) in [7, 11) is 3.77. The van der Waals surface area contributed by atoms with Crippen LogP contribution in [-0.4, -0.2) is 56.4 Å². The van der Waals surface area contributed by atoms with Crippen molar-refractivity contribution in [2.75, 3.05) is 32.6 Å². The molecule has 1 N–H and O–H groups in total. The van der Waals surface area contributed by atoms with E-state index in [4.69, 9.17) is 9.47 Å². The number of fused-ring (bicyclic) bond motifs is 5. The highest BCUT2D eigenvalue weighted by Gasteiger charge is 2.66. The highest BCUT2D eigenvalue weighted by molar-refractivity contribution is 5.70. The molecule has 3 fully saturated rings. The number of likely N-dealkylation sites (N-methyl/N-ethyl adjacent to an activating group) is 1. The third-order valence-electron chi connectivity index (χ3n) is 7.92. The topological polar surface area (TPSA) is 50.8 Å². The maximum Gasteiger partial charge on any atom is 0.305 e. The predicted octanol–water partition coefficient (Wildman–Crippen LogP) is 2.66. The molecule has 3 heterocycles. The molecule has 27 heavy (non-hydrogen) atoms. The molecule has 1 saturated carbocycles. The van der Waals surface area contributed by atoms with E-state index in [1.807, 2.05) is 0 Å². The van der Waals surface area contributed by atoms with E-state index in [0.29, 0.717) is 36.3 Å². The second kappa shape index (κ2) is 6.21. The Hall–Kier alpha value is -1.59. The standard InChI is InChI=1S/C22H30N2O3/c1-13-10-15-14(11-19(25)26-3)16(12-27-13)20-22(8-9-24(2)21(15)22)17-6-4-5-7-18(17)23-20/h4-7,13-16,20-21,23H,8-12H2,1-3H3/t13?,14?,15?,16-,20+,21+,22?/m1/s1. The average Bonchev–Trinajstić information content (AvgIpc) is 3.14. The zero-order valence-electron chi connectivity index (χ0n) is 16.5. The monoisotopic (exact) mass is 370 g/mol. The van der Waals surface area contributed by atoms with Crippen LogP contribution in [-0.2, 0) is 19.7 Å². The molecule has 0 radical (unpaired) electrons. The molecule has 4 aliphatic rings. The Bertz CT molecular complexity index is 753. The Balaban J connectivity index is 1.66. The quantitative estimate of drug-likeness (QED) is 0.811. The summed E-state index contributed by atoms with van der Waals surface area (Å²) in [6, 6.07) is 9.60. The van der Waals surface area contributed by atoms with Crippen molar-refractivity contribution < 1.29 is 14.3 Å². The number of carbonyl (C=O) groups excluding carboxylic acids is 1. The van der Waals surface area contributed by atoms with Crippen LogP contribution >= 0.6 is 0 Å². The molecule has 7 atom stereocenters. The fourth-order valence-electron chi connectivity index (χ4n) is 6.98. The van der Waals surface area contributed by atoms with Gasteiger partial charge < -0.3 is 19.7 Å². The number of para-hydroxylation sites is 1. The molecule has 5 rings (SSSR count). The third kappa shape index (κ3) is 2.34. The molecule has 4 unspecified atom stereocenters.